The van der Waals surface area contributed by atoms with Gasteiger partial charge >= 0.3 is 0 Å². The van der Waals surface area contributed by atoms with E-state index in [0.717, 1.165) is 29.0 Å². The van der Waals surface area contributed by atoms with Crippen molar-refractivity contribution in [3.63, 3.8) is 0 Å². The quantitative estimate of drug-likeness (QED) is 0.450. The Kier molecular flexibility index (Phi) is 6.99. The number of rotatable bonds is 7. The second kappa shape index (κ2) is 9.69. The molecule has 0 saturated heterocycles. The smallest absolute Gasteiger partial charge is 0.254 e. The van der Waals surface area contributed by atoms with E-state index in [9.17, 15) is 23.5 Å². The number of amides is 2. The van der Waals surface area contributed by atoms with Crippen molar-refractivity contribution in [2.24, 2.45) is 0 Å². The fraction of sp³-hybridized carbons (Fsp3) is 0.261. The van der Waals surface area contributed by atoms with Gasteiger partial charge in [-0.2, -0.15) is 5.10 Å². The van der Waals surface area contributed by atoms with Gasteiger partial charge in [0.25, 0.3) is 5.91 Å². The molecule has 3 aromatic rings. The average Bonchev–Trinajstić information content (AvgIpc) is 3.20. The van der Waals surface area contributed by atoms with Gasteiger partial charge in [0.2, 0.25) is 5.91 Å². The molecule has 0 aliphatic heterocycles. The zero-order chi connectivity index (χ0) is 23.4. The van der Waals surface area contributed by atoms with Crippen LogP contribution in [0.15, 0.2) is 48.5 Å². The summed E-state index contributed by atoms with van der Waals surface area (Å²) in [5.74, 6) is -3.09. The number of benzene rings is 2. The van der Waals surface area contributed by atoms with Crippen LogP contribution >= 0.6 is 0 Å². The van der Waals surface area contributed by atoms with Gasteiger partial charge in [0.15, 0.2) is 11.9 Å². The molecule has 168 valence electrons. The van der Waals surface area contributed by atoms with Crippen molar-refractivity contribution in [1.29, 1.82) is 0 Å². The number of aromatic nitrogens is 2. The van der Waals surface area contributed by atoms with E-state index in [-0.39, 0.29) is 17.3 Å². The predicted molar refractivity (Wildman–Crippen MR) is 115 cm³/mol. The fourth-order valence-electron chi connectivity index (χ4n) is 3.34. The number of carbonyl (C=O) groups excluding carboxylic acids is 2. The maximum absolute atomic E-state index is 13.3. The summed E-state index contributed by atoms with van der Waals surface area (Å²) in [6.07, 6.45) is -1.83. The monoisotopic (exact) mass is 442 g/mol. The molecule has 0 bridgehead atoms. The second-order valence-corrected chi connectivity index (χ2v) is 7.61. The number of aliphatic hydroxyl groups excluding tert-OH is 1. The van der Waals surface area contributed by atoms with Crippen LogP contribution in [-0.2, 0) is 9.59 Å². The Labute approximate surface area is 183 Å². The highest BCUT2D eigenvalue weighted by atomic mass is 19.1. The van der Waals surface area contributed by atoms with Crippen LogP contribution in [0.2, 0.25) is 0 Å². The first-order chi connectivity index (χ1) is 15.2. The molecule has 0 fully saturated rings. The van der Waals surface area contributed by atoms with Crippen LogP contribution in [0, 0.1) is 18.6 Å². The van der Waals surface area contributed by atoms with Gasteiger partial charge in [0, 0.05) is 23.7 Å². The highest BCUT2D eigenvalue weighted by molar-refractivity contribution is 5.97. The van der Waals surface area contributed by atoms with Crippen LogP contribution < -0.4 is 10.6 Å². The van der Waals surface area contributed by atoms with Gasteiger partial charge in [-0.3, -0.25) is 14.7 Å². The third-order valence-corrected chi connectivity index (χ3v) is 5.17. The Balaban J connectivity index is 1.61. The van der Waals surface area contributed by atoms with Crippen molar-refractivity contribution in [1.82, 2.24) is 15.5 Å². The van der Waals surface area contributed by atoms with Gasteiger partial charge in [-0.15, -0.1) is 0 Å². The van der Waals surface area contributed by atoms with Gasteiger partial charge in [-0.1, -0.05) is 31.2 Å². The summed E-state index contributed by atoms with van der Waals surface area (Å²) in [7, 11) is 0. The van der Waals surface area contributed by atoms with E-state index in [0.29, 0.717) is 6.07 Å². The van der Waals surface area contributed by atoms with Crippen LogP contribution in [-0.4, -0.2) is 33.2 Å². The molecule has 7 nitrogen and oxygen atoms in total. The molecule has 4 N–H and O–H groups in total. The second-order valence-electron chi connectivity index (χ2n) is 7.61. The fourth-order valence-corrected chi connectivity index (χ4v) is 3.34. The van der Waals surface area contributed by atoms with Crippen LogP contribution in [0.3, 0.4) is 0 Å². The van der Waals surface area contributed by atoms with E-state index in [1.165, 1.54) is 6.92 Å². The molecule has 0 radical (unpaired) electrons. The van der Waals surface area contributed by atoms with Crippen molar-refractivity contribution in [2.75, 3.05) is 5.32 Å². The normalized spacial score (nSPS) is 13.8. The molecule has 2 amide bonds. The first kappa shape index (κ1) is 23.1. The Morgan fingerprint density at radius 3 is 2.34 bits per heavy atom. The van der Waals surface area contributed by atoms with Crippen LogP contribution in [0.4, 0.5) is 14.6 Å². The van der Waals surface area contributed by atoms with Crippen molar-refractivity contribution < 1.29 is 23.5 Å². The average molecular weight is 442 g/mol. The first-order valence-corrected chi connectivity index (χ1v) is 10.0. The van der Waals surface area contributed by atoms with Crippen molar-refractivity contribution in [3.05, 3.63) is 82.5 Å². The lowest BCUT2D eigenvalue weighted by atomic mass is 9.94. The van der Waals surface area contributed by atoms with Gasteiger partial charge in [0.05, 0.1) is 0 Å². The molecule has 1 heterocycles. The number of aryl methyl sites for hydroxylation is 1. The molecular weight excluding hydrogens is 418 g/mol. The van der Waals surface area contributed by atoms with Crippen LogP contribution in [0.1, 0.15) is 48.3 Å². The van der Waals surface area contributed by atoms with Gasteiger partial charge in [-0.25, -0.2) is 8.78 Å². The molecule has 0 aliphatic rings. The Morgan fingerprint density at radius 2 is 1.69 bits per heavy atom. The number of aliphatic hydroxyl groups is 1. The van der Waals surface area contributed by atoms with Crippen LogP contribution in [0.25, 0.3) is 0 Å². The van der Waals surface area contributed by atoms with Gasteiger partial charge < -0.3 is 15.7 Å². The minimum absolute atomic E-state index is 0.0216. The van der Waals surface area contributed by atoms with E-state index in [1.54, 1.807) is 6.07 Å². The van der Waals surface area contributed by atoms with Crippen molar-refractivity contribution >= 4 is 17.6 Å². The summed E-state index contributed by atoms with van der Waals surface area (Å²) in [5.41, 5.74) is 2.80. The zero-order valence-electron chi connectivity index (χ0n) is 17.8. The van der Waals surface area contributed by atoms with Crippen LogP contribution in [0.5, 0.6) is 0 Å². The standard InChI is InChI=1S/C23H24F2N4O3/c1-12-6-4-5-7-18(12)13(2)19-11-20(29-28-19)27-22(31)14(3)26-23(32)21(30)15-8-16(24)10-17(25)9-15/h4-11,13-14,21,30H,1-3H3,(H,26,32)(H2,27,28,29,31). The Bertz CT molecular complexity index is 1110. The highest BCUT2D eigenvalue weighted by Crippen LogP contribution is 2.26. The molecule has 9 heteroatoms. The number of carbonyl (C=O) groups is 2. The number of hydrogen-bond donors (Lipinski definition) is 4. The van der Waals surface area contributed by atoms with E-state index in [2.05, 4.69) is 20.8 Å². The molecule has 3 unspecified atom stereocenters. The minimum Gasteiger partial charge on any atom is -0.378 e. The summed E-state index contributed by atoms with van der Waals surface area (Å²) in [4.78, 5) is 24.6. The number of nitrogens with one attached hydrogen (secondary N) is 3. The molecule has 1 aromatic heterocycles. The lowest BCUT2D eigenvalue weighted by Gasteiger charge is -2.16. The molecule has 3 rings (SSSR count). The van der Waals surface area contributed by atoms with E-state index in [4.69, 9.17) is 0 Å². The van der Waals surface area contributed by atoms with E-state index >= 15 is 0 Å². The summed E-state index contributed by atoms with van der Waals surface area (Å²) in [6.45, 7) is 5.44. The predicted octanol–water partition coefficient (Wildman–Crippen LogP) is 3.32. The maximum Gasteiger partial charge on any atom is 0.254 e. The van der Waals surface area contributed by atoms with Crippen molar-refractivity contribution in [2.45, 2.75) is 38.8 Å². The summed E-state index contributed by atoms with van der Waals surface area (Å²) in [6, 6.07) is 10.9. The zero-order valence-corrected chi connectivity index (χ0v) is 17.8. The third-order valence-electron chi connectivity index (χ3n) is 5.17. The minimum atomic E-state index is -1.83. The van der Waals surface area contributed by atoms with Gasteiger partial charge in [0.1, 0.15) is 17.7 Å². The highest BCUT2D eigenvalue weighted by Gasteiger charge is 2.24. The molecular formula is C23H24F2N4O3. The van der Waals surface area contributed by atoms with Crippen molar-refractivity contribution in [3.8, 4) is 0 Å². The lowest BCUT2D eigenvalue weighted by molar-refractivity contribution is -0.132. The van der Waals surface area contributed by atoms with E-state index in [1.807, 2.05) is 38.1 Å². The SMILES string of the molecule is Cc1ccccc1C(C)c1cc(NC(=O)C(C)NC(=O)C(O)c2cc(F)cc(F)c2)n[nH]1. The molecule has 32 heavy (non-hydrogen) atoms. The number of hydrogen-bond acceptors (Lipinski definition) is 4. The maximum atomic E-state index is 13.3. The molecule has 0 saturated carbocycles. The Morgan fingerprint density at radius 1 is 1.03 bits per heavy atom. The number of H-pyrrole nitrogens is 1. The third kappa shape index (κ3) is 5.36. The number of aromatic amines is 1. The van der Waals surface area contributed by atoms with Gasteiger partial charge in [-0.05, 0) is 42.7 Å². The summed E-state index contributed by atoms with van der Waals surface area (Å²) in [5, 5.41) is 22.0. The summed E-state index contributed by atoms with van der Waals surface area (Å²) >= 11 is 0. The number of nitrogens with zero attached hydrogens (tertiary/aromatic N) is 1. The number of halogens is 2. The largest absolute Gasteiger partial charge is 0.378 e. The topological polar surface area (TPSA) is 107 Å². The molecule has 0 aliphatic carbocycles. The lowest BCUT2D eigenvalue weighted by Crippen LogP contribution is -2.43. The molecule has 3 atom stereocenters. The Hall–Kier alpha value is -3.59. The number of anilines is 1. The van der Waals surface area contributed by atoms with E-state index < -0.39 is 35.6 Å². The first-order valence-electron chi connectivity index (χ1n) is 10.0. The molecule has 0 spiro atoms. The molecule has 2 aromatic carbocycles. The summed E-state index contributed by atoms with van der Waals surface area (Å²) < 4.78 is 26.6.